The van der Waals surface area contributed by atoms with Crippen molar-refractivity contribution < 1.29 is 13.2 Å². The second kappa shape index (κ2) is 4.28. The van der Waals surface area contributed by atoms with Crippen LogP contribution in [0.2, 0.25) is 0 Å². The third-order valence-corrected chi connectivity index (χ3v) is 5.10. The Labute approximate surface area is 112 Å². The zero-order valence-corrected chi connectivity index (χ0v) is 11.4. The van der Waals surface area contributed by atoms with Crippen LogP contribution in [0.3, 0.4) is 0 Å². The number of fused-ring (bicyclic) bond motifs is 1. The number of nitrogens with zero attached hydrogens (tertiary/aromatic N) is 3. The van der Waals surface area contributed by atoms with Gasteiger partial charge < -0.3 is 4.90 Å². The van der Waals surface area contributed by atoms with E-state index in [1.54, 1.807) is 23.4 Å². The standard InChI is InChI=1S/C12H15N3O3S/c1-19(17,18)14-6-4-10-11(14)7-12(16)15(10)9-3-2-5-13-8-9/h2-3,5,8,10-11H,4,6-7H2,1H3/t10-,11+/m0/s1. The highest BCUT2D eigenvalue weighted by Gasteiger charge is 2.50. The van der Waals surface area contributed by atoms with Crippen LogP contribution in [0.15, 0.2) is 24.5 Å². The fraction of sp³-hybridized carbons (Fsp3) is 0.500. The molecule has 2 aliphatic heterocycles. The van der Waals surface area contributed by atoms with Crippen molar-refractivity contribution in [2.45, 2.75) is 24.9 Å². The van der Waals surface area contributed by atoms with Crippen molar-refractivity contribution >= 4 is 21.6 Å². The average molecular weight is 281 g/mol. The summed E-state index contributed by atoms with van der Waals surface area (Å²) in [5.74, 6) is -0.0312. The topological polar surface area (TPSA) is 70.6 Å². The van der Waals surface area contributed by atoms with Gasteiger partial charge in [0.2, 0.25) is 15.9 Å². The van der Waals surface area contributed by atoms with Crippen LogP contribution in [0.5, 0.6) is 0 Å². The van der Waals surface area contributed by atoms with Gasteiger partial charge in [0, 0.05) is 19.2 Å². The molecule has 19 heavy (non-hydrogen) atoms. The minimum atomic E-state index is -3.25. The molecule has 0 N–H and O–H groups in total. The van der Waals surface area contributed by atoms with Gasteiger partial charge in [0.25, 0.3) is 0 Å². The molecular weight excluding hydrogens is 266 g/mol. The van der Waals surface area contributed by atoms with Gasteiger partial charge in [0.05, 0.1) is 30.2 Å². The van der Waals surface area contributed by atoms with Gasteiger partial charge >= 0.3 is 0 Å². The smallest absolute Gasteiger partial charge is 0.229 e. The molecule has 2 aliphatic rings. The van der Waals surface area contributed by atoms with E-state index >= 15 is 0 Å². The van der Waals surface area contributed by atoms with Crippen LogP contribution in [0.25, 0.3) is 0 Å². The van der Waals surface area contributed by atoms with Gasteiger partial charge in [0.15, 0.2) is 0 Å². The van der Waals surface area contributed by atoms with Crippen molar-refractivity contribution in [1.29, 1.82) is 0 Å². The molecule has 7 heteroatoms. The van der Waals surface area contributed by atoms with Crippen molar-refractivity contribution in [3.63, 3.8) is 0 Å². The van der Waals surface area contributed by atoms with Crippen LogP contribution in [-0.4, -0.2) is 48.5 Å². The molecule has 0 bridgehead atoms. The highest BCUT2D eigenvalue weighted by atomic mass is 32.2. The van der Waals surface area contributed by atoms with E-state index in [-0.39, 0.29) is 24.4 Å². The van der Waals surface area contributed by atoms with Crippen LogP contribution in [-0.2, 0) is 14.8 Å². The molecule has 2 fully saturated rings. The first-order valence-electron chi connectivity index (χ1n) is 6.17. The molecule has 1 aromatic heterocycles. The maximum atomic E-state index is 12.1. The summed E-state index contributed by atoms with van der Waals surface area (Å²) >= 11 is 0. The average Bonchev–Trinajstić information content (AvgIpc) is 2.86. The van der Waals surface area contributed by atoms with Gasteiger partial charge in [-0.2, -0.15) is 4.31 Å². The third-order valence-electron chi connectivity index (χ3n) is 3.79. The normalized spacial score (nSPS) is 27.8. The molecule has 6 nitrogen and oxygen atoms in total. The lowest BCUT2D eigenvalue weighted by atomic mass is 10.1. The first-order valence-corrected chi connectivity index (χ1v) is 8.02. The molecule has 3 rings (SSSR count). The highest BCUT2D eigenvalue weighted by molar-refractivity contribution is 7.88. The second-order valence-electron chi connectivity index (χ2n) is 4.98. The number of pyridine rings is 1. The first kappa shape index (κ1) is 12.6. The number of anilines is 1. The van der Waals surface area contributed by atoms with Crippen molar-refractivity contribution in [3.8, 4) is 0 Å². The summed E-state index contributed by atoms with van der Waals surface area (Å²) in [6.45, 7) is 0.484. The fourth-order valence-corrected chi connectivity index (χ4v) is 4.20. The summed E-state index contributed by atoms with van der Waals surface area (Å²) in [5.41, 5.74) is 0.746. The predicted octanol–water partition coefficient (Wildman–Crippen LogP) is 0.221. The van der Waals surface area contributed by atoms with Crippen molar-refractivity contribution in [3.05, 3.63) is 24.5 Å². The minimum absolute atomic E-state index is 0.0312. The molecule has 0 aromatic carbocycles. The van der Waals surface area contributed by atoms with Crippen LogP contribution >= 0.6 is 0 Å². The zero-order valence-electron chi connectivity index (χ0n) is 10.6. The zero-order chi connectivity index (χ0) is 13.6. The number of amides is 1. The van der Waals surface area contributed by atoms with E-state index in [2.05, 4.69) is 4.98 Å². The number of hydrogen-bond donors (Lipinski definition) is 0. The summed E-state index contributed by atoms with van der Waals surface area (Å²) in [5, 5.41) is 0. The minimum Gasteiger partial charge on any atom is -0.306 e. The second-order valence-corrected chi connectivity index (χ2v) is 6.91. The number of carbonyl (C=O) groups excluding carboxylic acids is 1. The Hall–Kier alpha value is -1.47. The molecular formula is C12H15N3O3S. The monoisotopic (exact) mass is 281 g/mol. The van der Waals surface area contributed by atoms with Crippen LogP contribution in [0.1, 0.15) is 12.8 Å². The van der Waals surface area contributed by atoms with Crippen molar-refractivity contribution in [2.75, 3.05) is 17.7 Å². The lowest BCUT2D eigenvalue weighted by Crippen LogP contribution is -2.39. The summed E-state index contributed by atoms with van der Waals surface area (Å²) in [6, 6.07) is 3.31. The molecule has 1 amide bonds. The maximum absolute atomic E-state index is 12.1. The lowest BCUT2D eigenvalue weighted by molar-refractivity contribution is -0.117. The Bertz CT molecular complexity index is 602. The van der Waals surface area contributed by atoms with E-state index in [1.165, 1.54) is 10.6 Å². The number of aromatic nitrogens is 1. The van der Waals surface area contributed by atoms with E-state index in [1.807, 2.05) is 6.07 Å². The number of carbonyl (C=O) groups is 1. The fourth-order valence-electron chi connectivity index (χ4n) is 3.05. The van der Waals surface area contributed by atoms with Crippen LogP contribution < -0.4 is 4.90 Å². The molecule has 2 atom stereocenters. The maximum Gasteiger partial charge on any atom is 0.229 e. The number of hydrogen-bond acceptors (Lipinski definition) is 4. The molecule has 3 heterocycles. The summed E-state index contributed by atoms with van der Waals surface area (Å²) in [7, 11) is -3.25. The Balaban J connectivity index is 1.93. The van der Waals surface area contributed by atoms with E-state index < -0.39 is 10.0 Å². The third kappa shape index (κ3) is 2.02. The first-order chi connectivity index (χ1) is 8.98. The number of rotatable bonds is 2. The SMILES string of the molecule is CS(=O)(=O)N1CC[C@H]2[C@H]1CC(=O)N2c1cccnc1. The molecule has 2 saturated heterocycles. The Morgan fingerprint density at radius 2 is 2.16 bits per heavy atom. The Morgan fingerprint density at radius 1 is 1.37 bits per heavy atom. The predicted molar refractivity (Wildman–Crippen MR) is 70.1 cm³/mol. The molecule has 0 saturated carbocycles. The molecule has 0 unspecified atom stereocenters. The van der Waals surface area contributed by atoms with Crippen molar-refractivity contribution in [2.24, 2.45) is 0 Å². The Kier molecular flexibility index (Phi) is 2.83. The van der Waals surface area contributed by atoms with Gasteiger partial charge in [-0.05, 0) is 18.6 Å². The van der Waals surface area contributed by atoms with E-state index in [9.17, 15) is 13.2 Å². The summed E-state index contributed by atoms with van der Waals surface area (Å²) < 4.78 is 24.9. The molecule has 1 aromatic rings. The molecule has 0 spiro atoms. The van der Waals surface area contributed by atoms with Gasteiger partial charge in [0.1, 0.15) is 0 Å². The van der Waals surface area contributed by atoms with Crippen LogP contribution in [0.4, 0.5) is 5.69 Å². The quantitative estimate of drug-likeness (QED) is 0.777. The molecule has 102 valence electrons. The van der Waals surface area contributed by atoms with Gasteiger partial charge in [-0.15, -0.1) is 0 Å². The van der Waals surface area contributed by atoms with Gasteiger partial charge in [-0.25, -0.2) is 8.42 Å². The van der Waals surface area contributed by atoms with Crippen molar-refractivity contribution in [1.82, 2.24) is 9.29 Å². The molecule has 0 aliphatic carbocycles. The van der Waals surface area contributed by atoms with E-state index in [4.69, 9.17) is 0 Å². The highest BCUT2D eigenvalue weighted by Crippen LogP contribution is 2.36. The van der Waals surface area contributed by atoms with Gasteiger partial charge in [-0.1, -0.05) is 0 Å². The van der Waals surface area contributed by atoms with E-state index in [0.717, 1.165) is 5.69 Å². The lowest BCUT2D eigenvalue weighted by Gasteiger charge is -2.24. The number of sulfonamides is 1. The molecule has 0 radical (unpaired) electrons. The largest absolute Gasteiger partial charge is 0.306 e. The summed E-state index contributed by atoms with van der Waals surface area (Å²) in [6.07, 6.45) is 5.43. The summed E-state index contributed by atoms with van der Waals surface area (Å²) in [4.78, 5) is 17.9. The van der Waals surface area contributed by atoms with Gasteiger partial charge in [-0.3, -0.25) is 9.78 Å². The van der Waals surface area contributed by atoms with E-state index in [0.29, 0.717) is 13.0 Å². The Morgan fingerprint density at radius 3 is 2.79 bits per heavy atom. The van der Waals surface area contributed by atoms with Crippen LogP contribution in [0, 0.1) is 0 Å².